The average Bonchev–Trinajstić information content (AvgIpc) is 3.04. The number of thiazole rings is 1. The molecule has 1 aromatic carbocycles. The molecule has 0 fully saturated rings. The number of hydrogen-bond acceptors (Lipinski definition) is 5. The summed E-state index contributed by atoms with van der Waals surface area (Å²) in [7, 11) is 0. The molecule has 0 aliphatic heterocycles. The second kappa shape index (κ2) is 6.59. The molecule has 0 saturated heterocycles. The van der Waals surface area contributed by atoms with E-state index in [-0.39, 0.29) is 0 Å². The molecule has 3 rings (SSSR count). The van der Waals surface area contributed by atoms with E-state index in [4.69, 9.17) is 4.98 Å². The second-order valence-electron chi connectivity index (χ2n) is 5.20. The van der Waals surface area contributed by atoms with Gasteiger partial charge in [-0.2, -0.15) is 8.75 Å². The van der Waals surface area contributed by atoms with E-state index in [9.17, 15) is 0 Å². The first-order valence-electron chi connectivity index (χ1n) is 7.38. The van der Waals surface area contributed by atoms with Crippen molar-refractivity contribution in [3.8, 4) is 0 Å². The van der Waals surface area contributed by atoms with Crippen LogP contribution in [0.15, 0.2) is 12.1 Å². The van der Waals surface area contributed by atoms with Gasteiger partial charge in [-0.15, -0.1) is 11.3 Å². The van der Waals surface area contributed by atoms with Crippen LogP contribution in [0.5, 0.6) is 0 Å². The number of fused-ring (bicyclic) bond motifs is 2. The lowest BCUT2D eigenvalue weighted by atomic mass is 10.1. The van der Waals surface area contributed by atoms with Gasteiger partial charge in [-0.05, 0) is 25.0 Å². The monoisotopic (exact) mass is 305 g/mol. The SMILES string of the molecule is CCCCCCCCc1nc2cc3nsnc3cc2s1. The molecule has 20 heavy (non-hydrogen) atoms. The minimum atomic E-state index is 0.971. The van der Waals surface area contributed by atoms with E-state index in [2.05, 4.69) is 27.8 Å². The number of rotatable bonds is 7. The highest BCUT2D eigenvalue weighted by molar-refractivity contribution is 7.18. The average molecular weight is 305 g/mol. The van der Waals surface area contributed by atoms with Crippen LogP contribution in [0.1, 0.15) is 50.5 Å². The summed E-state index contributed by atoms with van der Waals surface area (Å²) in [5.74, 6) is 0. The zero-order chi connectivity index (χ0) is 13.8. The Labute approximate surface area is 127 Å². The van der Waals surface area contributed by atoms with Gasteiger partial charge >= 0.3 is 0 Å². The summed E-state index contributed by atoms with van der Waals surface area (Å²) >= 11 is 3.08. The van der Waals surface area contributed by atoms with E-state index in [0.29, 0.717) is 0 Å². The fourth-order valence-electron chi connectivity index (χ4n) is 2.42. The Hall–Kier alpha value is -1.07. The molecule has 106 valence electrons. The molecule has 3 nitrogen and oxygen atoms in total. The first kappa shape index (κ1) is 13.9. The van der Waals surface area contributed by atoms with Crippen LogP contribution >= 0.6 is 23.1 Å². The van der Waals surface area contributed by atoms with Crippen LogP contribution in [-0.4, -0.2) is 13.7 Å². The second-order valence-corrected chi connectivity index (χ2v) is 6.84. The van der Waals surface area contributed by atoms with Gasteiger partial charge in [0.05, 0.1) is 27.0 Å². The maximum atomic E-state index is 4.73. The van der Waals surface area contributed by atoms with Gasteiger partial charge in [-0.3, -0.25) is 0 Å². The molecule has 0 unspecified atom stereocenters. The summed E-state index contributed by atoms with van der Waals surface area (Å²) in [6.45, 7) is 2.26. The van der Waals surface area contributed by atoms with E-state index in [1.807, 2.05) is 11.3 Å². The van der Waals surface area contributed by atoms with Crippen LogP contribution in [-0.2, 0) is 6.42 Å². The van der Waals surface area contributed by atoms with Gasteiger partial charge in [0.1, 0.15) is 11.0 Å². The normalized spacial score (nSPS) is 11.7. The maximum Gasteiger partial charge on any atom is 0.107 e. The Balaban J connectivity index is 1.61. The van der Waals surface area contributed by atoms with Crippen molar-refractivity contribution in [3.05, 3.63) is 17.1 Å². The Kier molecular flexibility index (Phi) is 4.58. The summed E-state index contributed by atoms with van der Waals surface area (Å²) in [4.78, 5) is 4.73. The van der Waals surface area contributed by atoms with E-state index >= 15 is 0 Å². The fraction of sp³-hybridized carbons (Fsp3) is 0.533. The maximum absolute atomic E-state index is 4.73. The van der Waals surface area contributed by atoms with Crippen molar-refractivity contribution in [2.45, 2.75) is 51.9 Å². The molecule has 0 aliphatic carbocycles. The molecule has 2 heterocycles. The van der Waals surface area contributed by atoms with Crippen LogP contribution in [0.25, 0.3) is 21.3 Å². The van der Waals surface area contributed by atoms with Crippen LogP contribution in [0.2, 0.25) is 0 Å². The smallest absolute Gasteiger partial charge is 0.107 e. The highest BCUT2D eigenvalue weighted by Crippen LogP contribution is 2.27. The fourth-order valence-corrected chi connectivity index (χ4v) is 3.95. The first-order valence-corrected chi connectivity index (χ1v) is 8.93. The number of aromatic nitrogens is 3. The number of hydrogen-bond donors (Lipinski definition) is 0. The minimum absolute atomic E-state index is 0.971. The highest BCUT2D eigenvalue weighted by atomic mass is 32.1. The number of benzene rings is 1. The van der Waals surface area contributed by atoms with Gasteiger partial charge in [0, 0.05) is 0 Å². The predicted octanol–water partition coefficient (Wildman–Crippen LogP) is 5.20. The van der Waals surface area contributed by atoms with E-state index in [0.717, 1.165) is 23.0 Å². The lowest BCUT2D eigenvalue weighted by molar-refractivity contribution is 0.607. The highest BCUT2D eigenvalue weighted by Gasteiger charge is 2.07. The van der Waals surface area contributed by atoms with E-state index in [1.165, 1.54) is 60.0 Å². The van der Waals surface area contributed by atoms with Crippen molar-refractivity contribution < 1.29 is 0 Å². The Morgan fingerprint density at radius 3 is 2.50 bits per heavy atom. The van der Waals surface area contributed by atoms with Crippen molar-refractivity contribution in [1.29, 1.82) is 0 Å². The number of nitrogens with zero attached hydrogens (tertiary/aromatic N) is 3. The summed E-state index contributed by atoms with van der Waals surface area (Å²) in [6, 6.07) is 4.19. The summed E-state index contributed by atoms with van der Waals surface area (Å²) < 4.78 is 9.81. The zero-order valence-electron chi connectivity index (χ0n) is 11.8. The lowest BCUT2D eigenvalue weighted by Crippen LogP contribution is -1.84. The van der Waals surface area contributed by atoms with Gasteiger partial charge < -0.3 is 0 Å². The molecule has 0 spiro atoms. The third-order valence-corrected chi connectivity index (χ3v) is 5.19. The summed E-state index contributed by atoms with van der Waals surface area (Å²) in [6.07, 6.45) is 9.13. The minimum Gasteiger partial charge on any atom is -0.241 e. The van der Waals surface area contributed by atoms with Crippen LogP contribution in [0, 0.1) is 0 Å². The van der Waals surface area contributed by atoms with E-state index in [1.54, 1.807) is 0 Å². The van der Waals surface area contributed by atoms with Crippen molar-refractivity contribution in [3.63, 3.8) is 0 Å². The Morgan fingerprint density at radius 2 is 1.65 bits per heavy atom. The standard InChI is InChI=1S/C15H19N3S2/c1-2-3-4-5-6-7-8-15-16-13-9-11-12(18-20-17-11)10-14(13)19-15/h9-10H,2-8H2,1H3. The summed E-state index contributed by atoms with van der Waals surface area (Å²) in [5, 5.41) is 1.26. The van der Waals surface area contributed by atoms with Gasteiger partial charge in [0.25, 0.3) is 0 Å². The van der Waals surface area contributed by atoms with Gasteiger partial charge in [-0.1, -0.05) is 39.0 Å². The predicted molar refractivity (Wildman–Crippen MR) is 87.7 cm³/mol. The quantitative estimate of drug-likeness (QED) is 0.563. The molecular formula is C15H19N3S2. The van der Waals surface area contributed by atoms with Crippen LogP contribution < -0.4 is 0 Å². The third-order valence-electron chi connectivity index (χ3n) is 3.55. The van der Waals surface area contributed by atoms with E-state index < -0.39 is 0 Å². The molecule has 5 heteroatoms. The number of unbranched alkanes of at least 4 members (excludes halogenated alkanes) is 5. The lowest BCUT2D eigenvalue weighted by Gasteiger charge is -1.98. The van der Waals surface area contributed by atoms with Crippen molar-refractivity contribution in [2.75, 3.05) is 0 Å². The first-order chi connectivity index (χ1) is 9.86. The molecule has 0 N–H and O–H groups in total. The van der Waals surface area contributed by atoms with Crippen molar-refractivity contribution in [1.82, 2.24) is 13.7 Å². The Bertz CT molecular complexity index is 639. The summed E-state index contributed by atoms with van der Waals surface area (Å²) in [5.41, 5.74) is 3.05. The molecule has 0 bridgehead atoms. The molecule has 2 aromatic heterocycles. The van der Waals surface area contributed by atoms with Crippen LogP contribution in [0.4, 0.5) is 0 Å². The molecule has 0 amide bonds. The zero-order valence-corrected chi connectivity index (χ0v) is 13.4. The molecule has 3 aromatic rings. The van der Waals surface area contributed by atoms with Crippen molar-refractivity contribution >= 4 is 44.3 Å². The van der Waals surface area contributed by atoms with Gasteiger partial charge in [0.15, 0.2) is 0 Å². The topological polar surface area (TPSA) is 38.7 Å². The largest absolute Gasteiger partial charge is 0.241 e. The number of aryl methyl sites for hydroxylation is 1. The molecular weight excluding hydrogens is 286 g/mol. The van der Waals surface area contributed by atoms with Crippen LogP contribution in [0.3, 0.4) is 0 Å². The molecule has 0 saturated carbocycles. The van der Waals surface area contributed by atoms with Gasteiger partial charge in [0.2, 0.25) is 0 Å². The van der Waals surface area contributed by atoms with Gasteiger partial charge in [-0.25, -0.2) is 4.98 Å². The van der Waals surface area contributed by atoms with Crippen molar-refractivity contribution in [2.24, 2.45) is 0 Å². The molecule has 0 atom stereocenters. The molecule has 0 aliphatic rings. The Morgan fingerprint density at radius 1 is 0.900 bits per heavy atom. The third kappa shape index (κ3) is 3.15. The molecule has 0 radical (unpaired) electrons.